The van der Waals surface area contributed by atoms with Gasteiger partial charge in [0.15, 0.2) is 0 Å². The molecule has 0 saturated carbocycles. The molecule has 148 valence electrons. The molecule has 0 saturated heterocycles. The summed E-state index contributed by atoms with van der Waals surface area (Å²) in [5, 5.41) is -2.04. The van der Waals surface area contributed by atoms with Crippen molar-refractivity contribution in [2.24, 2.45) is 0 Å². The molecule has 2 aromatic rings. The highest BCUT2D eigenvalue weighted by Crippen LogP contribution is 2.16. The van der Waals surface area contributed by atoms with Crippen LogP contribution < -0.4 is 9.47 Å². The molecular formula is C19H18O8S. The fourth-order valence-corrected chi connectivity index (χ4v) is 2.31. The molecule has 0 aliphatic carbocycles. The van der Waals surface area contributed by atoms with Gasteiger partial charge in [0.05, 0.1) is 26.0 Å². The maximum Gasteiger partial charge on any atom is 0.517 e. The second kappa shape index (κ2) is 10.8. The average Bonchev–Trinajstić information content (AvgIpc) is 2.71. The number of ether oxygens (including phenoxy) is 5. The standard InChI is InChI=1S/C19H18O8S/c1-23-15-7-3-13(4-8-15)11-25-17(20)27-19(22)28-18(21)26-12-14-5-9-16(24-2)10-6-14/h3-10H,11-12H2,1-2H3. The number of benzene rings is 2. The summed E-state index contributed by atoms with van der Waals surface area (Å²) in [4.78, 5) is 34.7. The summed E-state index contributed by atoms with van der Waals surface area (Å²) in [6, 6.07) is 13.6. The summed E-state index contributed by atoms with van der Waals surface area (Å²) < 4.78 is 24.2. The van der Waals surface area contributed by atoms with E-state index >= 15 is 0 Å². The zero-order valence-corrected chi connectivity index (χ0v) is 16.0. The van der Waals surface area contributed by atoms with E-state index in [4.69, 9.17) is 18.9 Å². The van der Waals surface area contributed by atoms with Crippen molar-refractivity contribution in [3.63, 3.8) is 0 Å². The molecule has 0 unspecified atom stereocenters. The van der Waals surface area contributed by atoms with E-state index in [1.54, 1.807) is 55.6 Å². The van der Waals surface area contributed by atoms with Crippen molar-refractivity contribution in [2.45, 2.75) is 13.2 Å². The fourth-order valence-electron chi connectivity index (χ4n) is 1.94. The van der Waals surface area contributed by atoms with Gasteiger partial charge in [0, 0.05) is 0 Å². The summed E-state index contributed by atoms with van der Waals surface area (Å²) in [6.45, 7) is -0.131. The number of carbonyl (C=O) groups excluding carboxylic acids is 3. The van der Waals surface area contributed by atoms with Crippen LogP contribution in [0.5, 0.6) is 11.5 Å². The molecule has 0 spiro atoms. The lowest BCUT2D eigenvalue weighted by Gasteiger charge is -2.06. The third-order valence-corrected chi connectivity index (χ3v) is 3.90. The second-order valence-corrected chi connectivity index (χ2v) is 6.10. The van der Waals surface area contributed by atoms with Gasteiger partial charge in [-0.1, -0.05) is 24.3 Å². The molecule has 0 aliphatic rings. The first kappa shape index (κ1) is 21.1. The van der Waals surface area contributed by atoms with Crippen molar-refractivity contribution in [1.29, 1.82) is 0 Å². The van der Waals surface area contributed by atoms with E-state index in [2.05, 4.69) is 4.74 Å². The monoisotopic (exact) mass is 406 g/mol. The molecule has 0 bridgehead atoms. The van der Waals surface area contributed by atoms with Gasteiger partial charge in [-0.25, -0.2) is 14.4 Å². The smallest absolute Gasteiger partial charge is 0.497 e. The Labute approximate surface area is 165 Å². The Morgan fingerprint density at radius 3 is 1.64 bits per heavy atom. The fraction of sp³-hybridized carbons (Fsp3) is 0.211. The Balaban J connectivity index is 1.68. The van der Waals surface area contributed by atoms with Crippen LogP contribution in [0.2, 0.25) is 0 Å². The first-order valence-corrected chi connectivity index (χ1v) is 8.81. The van der Waals surface area contributed by atoms with Gasteiger partial charge in [-0.15, -0.1) is 0 Å². The Bertz CT molecular complexity index is 734. The maximum absolute atomic E-state index is 11.6. The third kappa shape index (κ3) is 7.20. The Morgan fingerprint density at radius 2 is 1.18 bits per heavy atom. The Kier molecular flexibility index (Phi) is 8.16. The molecule has 9 heteroatoms. The van der Waals surface area contributed by atoms with Crippen molar-refractivity contribution in [2.75, 3.05) is 14.2 Å². The Hall–Kier alpha value is -3.20. The van der Waals surface area contributed by atoms with E-state index in [0.29, 0.717) is 22.6 Å². The van der Waals surface area contributed by atoms with Crippen LogP contribution in [0.15, 0.2) is 48.5 Å². The normalized spacial score (nSPS) is 9.93. The van der Waals surface area contributed by atoms with Gasteiger partial charge in [0.2, 0.25) is 0 Å². The van der Waals surface area contributed by atoms with Crippen LogP contribution in [-0.4, -0.2) is 31.0 Å². The zero-order chi connectivity index (χ0) is 20.4. The predicted octanol–water partition coefficient (Wildman–Crippen LogP) is 4.55. The van der Waals surface area contributed by atoms with Gasteiger partial charge >= 0.3 is 16.8 Å². The van der Waals surface area contributed by atoms with Crippen LogP contribution in [0.4, 0.5) is 14.4 Å². The van der Waals surface area contributed by atoms with Crippen LogP contribution in [0.1, 0.15) is 11.1 Å². The van der Waals surface area contributed by atoms with E-state index in [9.17, 15) is 14.4 Å². The third-order valence-electron chi connectivity index (χ3n) is 3.36. The minimum Gasteiger partial charge on any atom is -0.497 e. The lowest BCUT2D eigenvalue weighted by atomic mass is 10.2. The van der Waals surface area contributed by atoms with Crippen LogP contribution in [-0.2, 0) is 27.4 Å². The van der Waals surface area contributed by atoms with Crippen LogP contribution in [0.3, 0.4) is 0 Å². The number of thioether (sulfide) groups is 1. The summed E-state index contributed by atoms with van der Waals surface area (Å²) >= 11 is 0.117. The van der Waals surface area contributed by atoms with E-state index < -0.39 is 16.8 Å². The van der Waals surface area contributed by atoms with Gasteiger partial charge in [0.25, 0.3) is 0 Å². The molecule has 0 radical (unpaired) electrons. The van der Waals surface area contributed by atoms with Gasteiger partial charge in [0.1, 0.15) is 24.7 Å². The van der Waals surface area contributed by atoms with Crippen LogP contribution in [0.25, 0.3) is 0 Å². The Morgan fingerprint density at radius 1 is 0.714 bits per heavy atom. The van der Waals surface area contributed by atoms with Crippen molar-refractivity contribution < 1.29 is 38.1 Å². The van der Waals surface area contributed by atoms with E-state index in [0.717, 1.165) is 0 Å². The lowest BCUT2D eigenvalue weighted by molar-refractivity contribution is 0.0778. The molecule has 0 atom stereocenters. The molecule has 0 amide bonds. The van der Waals surface area contributed by atoms with Gasteiger partial charge in [-0.2, -0.15) is 0 Å². The van der Waals surface area contributed by atoms with E-state index in [1.807, 2.05) is 0 Å². The van der Waals surface area contributed by atoms with Gasteiger partial charge in [-0.3, -0.25) is 0 Å². The van der Waals surface area contributed by atoms with Crippen molar-refractivity contribution in [3.8, 4) is 11.5 Å². The van der Waals surface area contributed by atoms with Crippen molar-refractivity contribution >= 4 is 28.5 Å². The molecule has 2 rings (SSSR count). The lowest BCUT2D eigenvalue weighted by Crippen LogP contribution is -2.12. The van der Waals surface area contributed by atoms with Crippen LogP contribution >= 0.6 is 11.8 Å². The molecular weight excluding hydrogens is 388 g/mol. The highest BCUT2D eigenvalue weighted by atomic mass is 32.2. The first-order chi connectivity index (χ1) is 13.5. The maximum atomic E-state index is 11.6. The number of methoxy groups -OCH3 is 2. The van der Waals surface area contributed by atoms with Crippen molar-refractivity contribution in [1.82, 2.24) is 0 Å². The molecule has 0 N–H and O–H groups in total. The van der Waals surface area contributed by atoms with E-state index in [1.165, 1.54) is 7.11 Å². The SMILES string of the molecule is COc1ccc(COC(=O)OC(=O)SC(=O)OCc2ccc(OC)cc2)cc1. The summed E-state index contributed by atoms with van der Waals surface area (Å²) in [6.07, 6.45) is -1.21. The summed E-state index contributed by atoms with van der Waals surface area (Å²) in [7, 11) is 3.08. The van der Waals surface area contributed by atoms with Gasteiger partial charge < -0.3 is 23.7 Å². The topological polar surface area (TPSA) is 97.4 Å². The average molecular weight is 406 g/mol. The van der Waals surface area contributed by atoms with Gasteiger partial charge in [-0.05, 0) is 35.4 Å². The number of rotatable bonds is 6. The van der Waals surface area contributed by atoms with Crippen LogP contribution in [0, 0.1) is 0 Å². The molecule has 0 fully saturated rings. The largest absolute Gasteiger partial charge is 0.517 e. The van der Waals surface area contributed by atoms with E-state index in [-0.39, 0.29) is 25.0 Å². The molecule has 8 nitrogen and oxygen atoms in total. The minimum absolute atomic E-state index is 0.0367. The highest BCUT2D eigenvalue weighted by Gasteiger charge is 2.18. The second-order valence-electron chi connectivity index (χ2n) is 5.23. The number of hydrogen-bond acceptors (Lipinski definition) is 9. The highest BCUT2D eigenvalue weighted by molar-refractivity contribution is 8.25. The number of carbonyl (C=O) groups is 3. The summed E-state index contributed by atoms with van der Waals surface area (Å²) in [5.41, 5.74) is 1.39. The number of hydrogen-bond donors (Lipinski definition) is 0. The molecule has 0 aliphatic heterocycles. The predicted molar refractivity (Wildman–Crippen MR) is 100 cm³/mol. The first-order valence-electron chi connectivity index (χ1n) is 7.99. The quantitative estimate of drug-likeness (QED) is 0.505. The minimum atomic E-state index is -1.21. The molecule has 0 heterocycles. The zero-order valence-electron chi connectivity index (χ0n) is 15.2. The molecule has 2 aromatic carbocycles. The molecule has 0 aromatic heterocycles. The van der Waals surface area contributed by atoms with Crippen molar-refractivity contribution in [3.05, 3.63) is 59.7 Å². The summed E-state index contributed by atoms with van der Waals surface area (Å²) in [5.74, 6) is 1.33. The molecule has 28 heavy (non-hydrogen) atoms.